The average molecular weight is 261 g/mol. The molecule has 0 saturated carbocycles. The number of piperidine rings is 1. The van der Waals surface area contributed by atoms with Gasteiger partial charge in [0.05, 0.1) is 0 Å². The number of hydrogen-bond donors (Lipinski definition) is 0. The summed E-state index contributed by atoms with van der Waals surface area (Å²) in [4.78, 5) is 17.1. The molecule has 4 heteroatoms. The first kappa shape index (κ1) is 12.7. The van der Waals surface area contributed by atoms with Gasteiger partial charge in [0, 0.05) is 32.4 Å². The Labute approximate surface area is 115 Å². The van der Waals surface area contributed by atoms with Crippen molar-refractivity contribution in [2.45, 2.75) is 31.7 Å². The lowest BCUT2D eigenvalue weighted by Gasteiger charge is -2.32. The maximum atomic E-state index is 12.4. The van der Waals surface area contributed by atoms with Gasteiger partial charge in [-0.15, -0.1) is 0 Å². The molecule has 0 spiro atoms. The molecule has 0 aromatic carbocycles. The molecule has 2 aliphatic heterocycles. The standard InChI is InChI=1S/C15H23N3O/c1-16-8-5-6-14(16)15(19)18-11-7-13(12-18)17-9-3-2-4-10-17/h5-6,8,13H,2-4,7,9-12H2,1H3/t13-/m0/s1. The highest BCUT2D eigenvalue weighted by Gasteiger charge is 2.31. The predicted molar refractivity (Wildman–Crippen MR) is 75.1 cm³/mol. The number of likely N-dealkylation sites (tertiary alicyclic amines) is 2. The van der Waals surface area contributed by atoms with Crippen LogP contribution in [0.15, 0.2) is 18.3 Å². The first-order chi connectivity index (χ1) is 9.25. The van der Waals surface area contributed by atoms with E-state index in [1.807, 2.05) is 34.8 Å². The van der Waals surface area contributed by atoms with E-state index in [2.05, 4.69) is 4.90 Å². The minimum Gasteiger partial charge on any atom is -0.347 e. The molecule has 0 bridgehead atoms. The molecule has 19 heavy (non-hydrogen) atoms. The lowest BCUT2D eigenvalue weighted by molar-refractivity contribution is 0.0762. The molecule has 1 aromatic heterocycles. The molecule has 1 amide bonds. The van der Waals surface area contributed by atoms with E-state index in [1.54, 1.807) is 0 Å². The number of hydrogen-bond acceptors (Lipinski definition) is 2. The van der Waals surface area contributed by atoms with E-state index in [9.17, 15) is 4.79 Å². The highest BCUT2D eigenvalue weighted by Crippen LogP contribution is 2.21. The molecule has 0 N–H and O–H groups in total. The third-order valence-electron chi connectivity index (χ3n) is 4.52. The zero-order valence-electron chi connectivity index (χ0n) is 11.7. The molecular weight excluding hydrogens is 238 g/mol. The van der Waals surface area contributed by atoms with Crippen molar-refractivity contribution < 1.29 is 4.79 Å². The fraction of sp³-hybridized carbons (Fsp3) is 0.667. The molecule has 0 radical (unpaired) electrons. The van der Waals surface area contributed by atoms with Gasteiger partial charge in [-0.2, -0.15) is 0 Å². The third kappa shape index (κ3) is 2.54. The van der Waals surface area contributed by atoms with Crippen LogP contribution in [0.2, 0.25) is 0 Å². The van der Waals surface area contributed by atoms with Crippen molar-refractivity contribution in [3.63, 3.8) is 0 Å². The maximum Gasteiger partial charge on any atom is 0.270 e. The Balaban J connectivity index is 1.62. The van der Waals surface area contributed by atoms with Crippen molar-refractivity contribution in [1.29, 1.82) is 0 Å². The second-order valence-corrected chi connectivity index (χ2v) is 5.79. The number of carbonyl (C=O) groups excluding carboxylic acids is 1. The summed E-state index contributed by atoms with van der Waals surface area (Å²) in [5.74, 6) is 0.187. The number of rotatable bonds is 2. The molecule has 4 nitrogen and oxygen atoms in total. The van der Waals surface area contributed by atoms with Crippen LogP contribution in [0, 0.1) is 0 Å². The fourth-order valence-electron chi connectivity index (χ4n) is 3.35. The van der Waals surface area contributed by atoms with Crippen molar-refractivity contribution in [3.8, 4) is 0 Å². The smallest absolute Gasteiger partial charge is 0.270 e. The predicted octanol–water partition coefficient (Wildman–Crippen LogP) is 1.73. The molecule has 3 rings (SSSR count). The van der Waals surface area contributed by atoms with Crippen molar-refractivity contribution in [2.75, 3.05) is 26.2 Å². The fourth-order valence-corrected chi connectivity index (χ4v) is 3.35. The van der Waals surface area contributed by atoms with Crippen LogP contribution in [0.25, 0.3) is 0 Å². The summed E-state index contributed by atoms with van der Waals surface area (Å²) in [6.45, 7) is 4.25. The van der Waals surface area contributed by atoms with Crippen LogP contribution in [0.5, 0.6) is 0 Å². The van der Waals surface area contributed by atoms with E-state index < -0.39 is 0 Å². The van der Waals surface area contributed by atoms with Crippen molar-refractivity contribution in [2.24, 2.45) is 7.05 Å². The van der Waals surface area contributed by atoms with E-state index >= 15 is 0 Å². The second kappa shape index (κ2) is 5.37. The molecule has 104 valence electrons. The van der Waals surface area contributed by atoms with Crippen LogP contribution in [0.3, 0.4) is 0 Å². The van der Waals surface area contributed by atoms with E-state index in [0.29, 0.717) is 6.04 Å². The van der Waals surface area contributed by atoms with Gasteiger partial charge in [0.2, 0.25) is 0 Å². The molecule has 0 unspecified atom stereocenters. The van der Waals surface area contributed by atoms with Crippen LogP contribution in [-0.2, 0) is 7.05 Å². The van der Waals surface area contributed by atoms with Gasteiger partial charge in [-0.1, -0.05) is 6.42 Å². The highest BCUT2D eigenvalue weighted by molar-refractivity contribution is 5.93. The minimum absolute atomic E-state index is 0.187. The average Bonchev–Trinajstić information content (AvgIpc) is 3.08. The van der Waals surface area contributed by atoms with Gasteiger partial charge in [-0.3, -0.25) is 9.69 Å². The second-order valence-electron chi connectivity index (χ2n) is 5.79. The normalized spacial score (nSPS) is 24.9. The van der Waals surface area contributed by atoms with Crippen LogP contribution in [0.4, 0.5) is 0 Å². The Morgan fingerprint density at radius 3 is 2.68 bits per heavy atom. The van der Waals surface area contributed by atoms with Gasteiger partial charge in [-0.05, 0) is 44.5 Å². The third-order valence-corrected chi connectivity index (χ3v) is 4.52. The largest absolute Gasteiger partial charge is 0.347 e. The SMILES string of the molecule is Cn1cccc1C(=O)N1CC[C@H](N2CCCCC2)C1. The minimum atomic E-state index is 0.187. The van der Waals surface area contributed by atoms with Gasteiger partial charge in [0.1, 0.15) is 5.69 Å². The van der Waals surface area contributed by atoms with Crippen molar-refractivity contribution >= 4 is 5.91 Å². The van der Waals surface area contributed by atoms with E-state index in [0.717, 1.165) is 25.2 Å². The molecule has 2 saturated heterocycles. The first-order valence-corrected chi connectivity index (χ1v) is 7.40. The molecule has 1 aromatic rings. The monoisotopic (exact) mass is 261 g/mol. The van der Waals surface area contributed by atoms with Crippen molar-refractivity contribution in [1.82, 2.24) is 14.4 Å². The van der Waals surface area contributed by atoms with Crippen LogP contribution < -0.4 is 0 Å². The van der Waals surface area contributed by atoms with Gasteiger partial charge >= 0.3 is 0 Å². The highest BCUT2D eigenvalue weighted by atomic mass is 16.2. The number of aryl methyl sites for hydroxylation is 1. The number of aromatic nitrogens is 1. The number of carbonyl (C=O) groups is 1. The Hall–Kier alpha value is -1.29. The van der Waals surface area contributed by atoms with Crippen LogP contribution in [-0.4, -0.2) is 52.5 Å². The van der Waals surface area contributed by atoms with Gasteiger partial charge < -0.3 is 9.47 Å². The molecule has 2 fully saturated rings. The summed E-state index contributed by atoms with van der Waals surface area (Å²) < 4.78 is 1.91. The van der Waals surface area contributed by atoms with Crippen LogP contribution in [0.1, 0.15) is 36.2 Å². The molecule has 3 heterocycles. The summed E-state index contributed by atoms with van der Waals surface area (Å²) in [5.41, 5.74) is 0.805. The summed E-state index contributed by atoms with van der Waals surface area (Å²) in [6.07, 6.45) is 7.08. The lowest BCUT2D eigenvalue weighted by atomic mass is 10.1. The van der Waals surface area contributed by atoms with E-state index in [-0.39, 0.29) is 5.91 Å². The number of nitrogens with zero attached hydrogens (tertiary/aromatic N) is 3. The van der Waals surface area contributed by atoms with Gasteiger partial charge in [-0.25, -0.2) is 0 Å². The summed E-state index contributed by atoms with van der Waals surface area (Å²) in [6, 6.07) is 4.44. The Bertz CT molecular complexity index is 448. The molecule has 2 aliphatic rings. The topological polar surface area (TPSA) is 28.5 Å². The van der Waals surface area contributed by atoms with Crippen LogP contribution >= 0.6 is 0 Å². The summed E-state index contributed by atoms with van der Waals surface area (Å²) in [7, 11) is 1.94. The van der Waals surface area contributed by atoms with E-state index in [1.165, 1.54) is 32.4 Å². The molecular formula is C15H23N3O. The molecule has 0 aliphatic carbocycles. The molecule has 1 atom stereocenters. The number of amides is 1. The Morgan fingerprint density at radius 1 is 1.21 bits per heavy atom. The quantitative estimate of drug-likeness (QED) is 0.811. The Morgan fingerprint density at radius 2 is 2.00 bits per heavy atom. The first-order valence-electron chi connectivity index (χ1n) is 7.40. The Kier molecular flexibility index (Phi) is 3.60. The summed E-state index contributed by atoms with van der Waals surface area (Å²) in [5, 5.41) is 0. The zero-order valence-corrected chi connectivity index (χ0v) is 11.7. The maximum absolute atomic E-state index is 12.4. The van der Waals surface area contributed by atoms with Crippen molar-refractivity contribution in [3.05, 3.63) is 24.0 Å². The summed E-state index contributed by atoms with van der Waals surface area (Å²) >= 11 is 0. The van der Waals surface area contributed by atoms with E-state index in [4.69, 9.17) is 0 Å². The lowest BCUT2D eigenvalue weighted by Crippen LogP contribution is -2.41. The zero-order chi connectivity index (χ0) is 13.2. The van der Waals surface area contributed by atoms with Gasteiger partial charge in [0.15, 0.2) is 0 Å². The van der Waals surface area contributed by atoms with Gasteiger partial charge in [0.25, 0.3) is 5.91 Å².